The number of hydrogen-bond donors (Lipinski definition) is 1. The average molecular weight is 389 g/mol. The third-order valence-electron chi connectivity index (χ3n) is 3.80. The lowest BCUT2D eigenvalue weighted by molar-refractivity contribution is -0.142. The van der Waals surface area contributed by atoms with Gasteiger partial charge >= 0.3 is 5.97 Å². The maximum Gasteiger partial charge on any atom is 0.311 e. The smallest absolute Gasteiger partial charge is 0.311 e. The fraction of sp³-hybridized carbons (Fsp3) is 0.333. The zero-order valence-electron chi connectivity index (χ0n) is 14.9. The van der Waals surface area contributed by atoms with Crippen LogP contribution in [0.2, 0.25) is 0 Å². The summed E-state index contributed by atoms with van der Waals surface area (Å²) in [6.07, 6.45) is -0.615. The second-order valence-electron chi connectivity index (χ2n) is 5.83. The summed E-state index contributed by atoms with van der Waals surface area (Å²) in [4.78, 5) is 41.9. The third kappa shape index (κ3) is 4.43. The number of hydrogen-bond acceptors (Lipinski definition) is 7. The first-order valence-corrected chi connectivity index (χ1v) is 9.32. The molecule has 0 saturated carbocycles. The molecule has 1 aliphatic heterocycles. The Kier molecular flexibility index (Phi) is 5.70. The number of amides is 2. The van der Waals surface area contributed by atoms with Gasteiger partial charge in [-0.1, -0.05) is 12.1 Å². The Balaban J connectivity index is 1.65. The van der Waals surface area contributed by atoms with Crippen molar-refractivity contribution in [3.05, 3.63) is 35.3 Å². The Morgan fingerprint density at radius 1 is 1.37 bits per heavy atom. The highest BCUT2D eigenvalue weighted by molar-refractivity contribution is 7.13. The van der Waals surface area contributed by atoms with Gasteiger partial charge < -0.3 is 14.8 Å². The topological polar surface area (TPSA) is 97.8 Å². The van der Waals surface area contributed by atoms with Gasteiger partial charge in [-0.2, -0.15) is 0 Å². The van der Waals surface area contributed by atoms with Gasteiger partial charge in [-0.15, -0.1) is 11.3 Å². The number of para-hydroxylation sites is 2. The quantitative estimate of drug-likeness (QED) is 0.759. The van der Waals surface area contributed by atoms with Crippen molar-refractivity contribution in [2.75, 3.05) is 23.4 Å². The molecule has 1 aromatic heterocycles. The molecular formula is C18H19N3O5S. The minimum atomic E-state index is -0.663. The predicted molar refractivity (Wildman–Crippen MR) is 100.0 cm³/mol. The highest BCUT2D eigenvalue weighted by Gasteiger charge is 2.32. The molecule has 1 N–H and O–H groups in total. The number of fused-ring (bicyclic) bond motifs is 1. The summed E-state index contributed by atoms with van der Waals surface area (Å²) in [6, 6.07) is 7.07. The highest BCUT2D eigenvalue weighted by atomic mass is 32.1. The van der Waals surface area contributed by atoms with Crippen LogP contribution >= 0.6 is 11.3 Å². The Labute approximate surface area is 160 Å². The van der Waals surface area contributed by atoms with Gasteiger partial charge in [0.1, 0.15) is 12.3 Å². The van der Waals surface area contributed by atoms with Crippen LogP contribution in [0.1, 0.15) is 19.5 Å². The van der Waals surface area contributed by atoms with Crippen molar-refractivity contribution in [1.82, 2.24) is 4.98 Å². The van der Waals surface area contributed by atoms with E-state index < -0.39 is 6.10 Å². The van der Waals surface area contributed by atoms with Crippen molar-refractivity contribution < 1.29 is 23.9 Å². The summed E-state index contributed by atoms with van der Waals surface area (Å²) in [7, 11) is 0. The molecule has 8 nitrogen and oxygen atoms in total. The maximum absolute atomic E-state index is 12.4. The van der Waals surface area contributed by atoms with Crippen LogP contribution in [0.3, 0.4) is 0 Å². The van der Waals surface area contributed by atoms with Crippen molar-refractivity contribution in [1.29, 1.82) is 0 Å². The van der Waals surface area contributed by atoms with Crippen LogP contribution in [0.4, 0.5) is 10.8 Å². The molecule has 0 aliphatic carbocycles. The minimum absolute atomic E-state index is 0.0487. The van der Waals surface area contributed by atoms with E-state index in [1.165, 1.54) is 16.2 Å². The fourth-order valence-corrected chi connectivity index (χ4v) is 3.36. The molecule has 1 unspecified atom stereocenters. The standard InChI is InChI=1S/C18H19N3O5S/c1-3-25-16(23)8-12-10-27-18(19-12)20-15(22)9-21-13-6-4-5-7-14(13)26-11(2)17(21)24/h4-7,10-11H,3,8-9H2,1-2H3,(H,19,20,22). The van der Waals surface area contributed by atoms with E-state index in [1.807, 2.05) is 0 Å². The Bertz CT molecular complexity index is 866. The number of benzene rings is 1. The molecule has 0 radical (unpaired) electrons. The SMILES string of the molecule is CCOC(=O)Cc1csc(NC(=O)CN2C(=O)C(C)Oc3ccccc32)n1. The van der Waals surface area contributed by atoms with Crippen LogP contribution < -0.4 is 15.0 Å². The van der Waals surface area contributed by atoms with Gasteiger partial charge in [0.15, 0.2) is 11.2 Å². The minimum Gasteiger partial charge on any atom is -0.479 e. The molecule has 27 heavy (non-hydrogen) atoms. The number of nitrogens with zero attached hydrogens (tertiary/aromatic N) is 2. The van der Waals surface area contributed by atoms with Crippen LogP contribution in [-0.4, -0.2) is 42.0 Å². The van der Waals surface area contributed by atoms with E-state index in [4.69, 9.17) is 9.47 Å². The molecule has 2 amide bonds. The number of rotatable bonds is 6. The molecule has 1 aliphatic rings. The zero-order valence-corrected chi connectivity index (χ0v) is 15.7. The molecule has 0 spiro atoms. The molecule has 142 valence electrons. The summed E-state index contributed by atoms with van der Waals surface area (Å²) in [5.74, 6) is -0.483. The van der Waals surface area contributed by atoms with Crippen molar-refractivity contribution in [2.24, 2.45) is 0 Å². The molecule has 2 heterocycles. The molecule has 3 rings (SSSR count). The number of ether oxygens (including phenoxy) is 2. The molecular weight excluding hydrogens is 370 g/mol. The molecule has 1 aromatic carbocycles. The van der Waals surface area contributed by atoms with E-state index in [-0.39, 0.29) is 30.7 Å². The number of aromatic nitrogens is 1. The van der Waals surface area contributed by atoms with Crippen LogP contribution in [0, 0.1) is 0 Å². The van der Waals surface area contributed by atoms with Gasteiger partial charge in [-0.3, -0.25) is 19.3 Å². The maximum atomic E-state index is 12.4. The molecule has 0 saturated heterocycles. The van der Waals surface area contributed by atoms with E-state index in [0.717, 1.165) is 0 Å². The molecule has 9 heteroatoms. The van der Waals surface area contributed by atoms with E-state index in [0.29, 0.717) is 28.9 Å². The van der Waals surface area contributed by atoms with Gasteiger partial charge in [-0.05, 0) is 26.0 Å². The lowest BCUT2D eigenvalue weighted by Gasteiger charge is -2.32. The molecule has 0 bridgehead atoms. The molecule has 2 aromatic rings. The van der Waals surface area contributed by atoms with Crippen molar-refractivity contribution in [3.8, 4) is 5.75 Å². The van der Waals surface area contributed by atoms with Crippen LogP contribution in [-0.2, 0) is 25.5 Å². The summed E-state index contributed by atoms with van der Waals surface area (Å²) >= 11 is 1.21. The van der Waals surface area contributed by atoms with Crippen molar-refractivity contribution >= 4 is 39.9 Å². The monoisotopic (exact) mass is 389 g/mol. The first kappa shape index (κ1) is 18.8. The number of nitrogens with one attached hydrogen (secondary N) is 1. The third-order valence-corrected chi connectivity index (χ3v) is 4.61. The number of esters is 1. The first-order valence-electron chi connectivity index (χ1n) is 8.45. The van der Waals surface area contributed by atoms with E-state index >= 15 is 0 Å². The summed E-state index contributed by atoms with van der Waals surface area (Å²) < 4.78 is 10.4. The summed E-state index contributed by atoms with van der Waals surface area (Å²) in [5, 5.41) is 4.71. The largest absolute Gasteiger partial charge is 0.479 e. The second-order valence-corrected chi connectivity index (χ2v) is 6.68. The number of thiazole rings is 1. The molecule has 0 fully saturated rings. The Hall–Kier alpha value is -2.94. The average Bonchev–Trinajstić information content (AvgIpc) is 3.05. The summed E-state index contributed by atoms with van der Waals surface area (Å²) in [5.41, 5.74) is 1.08. The lowest BCUT2D eigenvalue weighted by Crippen LogP contribution is -2.47. The van der Waals surface area contributed by atoms with Gasteiger partial charge in [-0.25, -0.2) is 4.98 Å². The number of carbonyl (C=O) groups excluding carboxylic acids is 3. The van der Waals surface area contributed by atoms with Gasteiger partial charge in [0, 0.05) is 5.38 Å². The predicted octanol–water partition coefficient (Wildman–Crippen LogP) is 2.00. The lowest BCUT2D eigenvalue weighted by atomic mass is 10.2. The first-order chi connectivity index (χ1) is 13.0. The highest BCUT2D eigenvalue weighted by Crippen LogP contribution is 2.33. The summed E-state index contributed by atoms with van der Waals surface area (Å²) in [6.45, 7) is 3.53. The van der Waals surface area contributed by atoms with Crippen molar-refractivity contribution in [3.63, 3.8) is 0 Å². The number of anilines is 2. The van der Waals surface area contributed by atoms with Crippen LogP contribution in [0.5, 0.6) is 5.75 Å². The Morgan fingerprint density at radius 2 is 2.15 bits per heavy atom. The van der Waals surface area contributed by atoms with Crippen LogP contribution in [0.25, 0.3) is 0 Å². The zero-order chi connectivity index (χ0) is 19.4. The van der Waals surface area contributed by atoms with Gasteiger partial charge in [0.2, 0.25) is 5.91 Å². The van der Waals surface area contributed by atoms with Gasteiger partial charge in [0.25, 0.3) is 5.91 Å². The van der Waals surface area contributed by atoms with E-state index in [1.54, 1.807) is 43.5 Å². The number of carbonyl (C=O) groups is 3. The second kappa shape index (κ2) is 8.17. The van der Waals surface area contributed by atoms with Crippen molar-refractivity contribution in [2.45, 2.75) is 26.4 Å². The van der Waals surface area contributed by atoms with E-state index in [2.05, 4.69) is 10.3 Å². The fourth-order valence-electron chi connectivity index (χ4n) is 2.63. The Morgan fingerprint density at radius 3 is 2.93 bits per heavy atom. The van der Waals surface area contributed by atoms with Gasteiger partial charge in [0.05, 0.1) is 24.4 Å². The normalized spacial score (nSPS) is 15.7. The van der Waals surface area contributed by atoms with Crippen LogP contribution in [0.15, 0.2) is 29.6 Å². The van der Waals surface area contributed by atoms with E-state index in [9.17, 15) is 14.4 Å². The molecule has 1 atom stereocenters.